The Morgan fingerprint density at radius 3 is 2.89 bits per heavy atom. The molecule has 1 aromatic rings. The second-order valence-electron chi connectivity index (χ2n) is 4.84. The van der Waals surface area contributed by atoms with E-state index in [-0.39, 0.29) is 11.9 Å². The molecule has 0 aliphatic carbocycles. The van der Waals surface area contributed by atoms with E-state index in [1.807, 2.05) is 14.0 Å². The van der Waals surface area contributed by atoms with Gasteiger partial charge in [-0.3, -0.25) is 9.48 Å². The van der Waals surface area contributed by atoms with Crippen molar-refractivity contribution in [2.24, 2.45) is 7.05 Å². The molecule has 1 saturated heterocycles. The number of nitrogens with zero attached hydrogens (tertiary/aromatic N) is 3. The lowest BCUT2D eigenvalue weighted by atomic mass is 10.2. The summed E-state index contributed by atoms with van der Waals surface area (Å²) in [4.78, 5) is 13.8. The van der Waals surface area contributed by atoms with Crippen LogP contribution in [0.4, 0.5) is 0 Å². The molecule has 1 unspecified atom stereocenters. The van der Waals surface area contributed by atoms with E-state index >= 15 is 0 Å². The van der Waals surface area contributed by atoms with Gasteiger partial charge < -0.3 is 10.2 Å². The van der Waals surface area contributed by atoms with E-state index in [1.54, 1.807) is 28.8 Å². The molecule has 1 aliphatic rings. The van der Waals surface area contributed by atoms with Crippen molar-refractivity contribution in [2.45, 2.75) is 19.4 Å². The number of aryl methyl sites for hydroxylation is 2. The van der Waals surface area contributed by atoms with Crippen molar-refractivity contribution in [2.75, 3.05) is 20.1 Å². The SMILES string of the molecule is Cc1nn(C)c(Cl)c1/C=C/C(=O)N(C)C1CCNC1. The van der Waals surface area contributed by atoms with Gasteiger partial charge in [-0.2, -0.15) is 5.10 Å². The third-order valence-corrected chi connectivity index (χ3v) is 3.97. The first-order valence-corrected chi connectivity index (χ1v) is 6.73. The molecule has 2 heterocycles. The zero-order chi connectivity index (χ0) is 14.0. The summed E-state index contributed by atoms with van der Waals surface area (Å²) in [7, 11) is 3.62. The van der Waals surface area contributed by atoms with E-state index in [2.05, 4.69) is 10.4 Å². The minimum atomic E-state index is -0.00646. The second kappa shape index (κ2) is 5.75. The topological polar surface area (TPSA) is 50.2 Å². The number of hydrogen-bond donors (Lipinski definition) is 1. The van der Waals surface area contributed by atoms with Crippen molar-refractivity contribution in [1.82, 2.24) is 20.0 Å². The van der Waals surface area contributed by atoms with Crippen LogP contribution in [0, 0.1) is 6.92 Å². The van der Waals surface area contributed by atoms with Crippen LogP contribution in [0.15, 0.2) is 6.08 Å². The predicted molar refractivity (Wildman–Crippen MR) is 76.0 cm³/mol. The molecule has 1 N–H and O–H groups in total. The van der Waals surface area contributed by atoms with Crippen molar-refractivity contribution in [3.05, 3.63) is 22.5 Å². The van der Waals surface area contributed by atoms with Crippen LogP contribution in [-0.2, 0) is 11.8 Å². The quantitative estimate of drug-likeness (QED) is 0.848. The zero-order valence-electron chi connectivity index (χ0n) is 11.5. The lowest BCUT2D eigenvalue weighted by Crippen LogP contribution is -2.37. The van der Waals surface area contributed by atoms with Gasteiger partial charge in [-0.05, 0) is 26.0 Å². The summed E-state index contributed by atoms with van der Waals surface area (Å²) >= 11 is 6.12. The molecule has 1 amide bonds. The second-order valence-corrected chi connectivity index (χ2v) is 5.20. The van der Waals surface area contributed by atoms with Crippen LogP contribution in [0.1, 0.15) is 17.7 Å². The van der Waals surface area contributed by atoms with E-state index in [4.69, 9.17) is 11.6 Å². The summed E-state index contributed by atoms with van der Waals surface area (Å²) in [6.07, 6.45) is 4.31. The van der Waals surface area contributed by atoms with Crippen molar-refractivity contribution in [3.63, 3.8) is 0 Å². The number of carbonyl (C=O) groups is 1. The van der Waals surface area contributed by atoms with Gasteiger partial charge in [0.2, 0.25) is 5.91 Å². The Morgan fingerprint density at radius 1 is 1.63 bits per heavy atom. The maximum atomic E-state index is 12.1. The zero-order valence-corrected chi connectivity index (χ0v) is 12.2. The van der Waals surface area contributed by atoms with Gasteiger partial charge in [0.25, 0.3) is 0 Å². The van der Waals surface area contributed by atoms with Crippen LogP contribution in [0.5, 0.6) is 0 Å². The average Bonchev–Trinajstić information content (AvgIpc) is 2.97. The van der Waals surface area contributed by atoms with Gasteiger partial charge in [-0.1, -0.05) is 11.6 Å². The average molecular weight is 283 g/mol. The first-order valence-electron chi connectivity index (χ1n) is 6.35. The smallest absolute Gasteiger partial charge is 0.246 e. The van der Waals surface area contributed by atoms with E-state index in [0.29, 0.717) is 5.15 Å². The van der Waals surface area contributed by atoms with Crippen molar-refractivity contribution >= 4 is 23.6 Å². The maximum absolute atomic E-state index is 12.1. The van der Waals surface area contributed by atoms with Crippen LogP contribution in [-0.4, -0.2) is 46.8 Å². The molecule has 5 nitrogen and oxygen atoms in total. The van der Waals surface area contributed by atoms with Crippen LogP contribution in [0.25, 0.3) is 6.08 Å². The van der Waals surface area contributed by atoms with E-state index in [9.17, 15) is 4.79 Å². The highest BCUT2D eigenvalue weighted by molar-refractivity contribution is 6.31. The molecular weight excluding hydrogens is 264 g/mol. The van der Waals surface area contributed by atoms with Gasteiger partial charge >= 0.3 is 0 Å². The predicted octanol–water partition coefficient (Wildman–Crippen LogP) is 1.22. The fraction of sp³-hybridized carbons (Fsp3) is 0.538. The highest BCUT2D eigenvalue weighted by Crippen LogP contribution is 2.20. The van der Waals surface area contributed by atoms with Crippen molar-refractivity contribution in [1.29, 1.82) is 0 Å². The fourth-order valence-corrected chi connectivity index (χ4v) is 2.50. The van der Waals surface area contributed by atoms with Crippen LogP contribution in [0.3, 0.4) is 0 Å². The third-order valence-electron chi connectivity index (χ3n) is 3.52. The molecule has 0 bridgehead atoms. The summed E-state index contributed by atoms with van der Waals surface area (Å²) in [6, 6.07) is 0.280. The van der Waals surface area contributed by atoms with Crippen LogP contribution in [0.2, 0.25) is 5.15 Å². The number of amides is 1. The first kappa shape index (κ1) is 14.1. The Balaban J connectivity index is 2.07. The van der Waals surface area contributed by atoms with Gasteiger partial charge in [-0.25, -0.2) is 0 Å². The Bertz CT molecular complexity index is 503. The summed E-state index contributed by atoms with van der Waals surface area (Å²) in [5, 5.41) is 8.01. The highest BCUT2D eigenvalue weighted by Gasteiger charge is 2.21. The van der Waals surface area contributed by atoms with E-state index in [1.165, 1.54) is 0 Å². The van der Waals surface area contributed by atoms with Crippen LogP contribution < -0.4 is 5.32 Å². The third kappa shape index (κ3) is 2.98. The molecule has 6 heteroatoms. The summed E-state index contributed by atoms with van der Waals surface area (Å²) in [5.74, 6) is -0.00646. The monoisotopic (exact) mass is 282 g/mol. The normalized spacial score (nSPS) is 19.3. The summed E-state index contributed by atoms with van der Waals surface area (Å²) in [6.45, 7) is 3.71. The molecule has 1 aliphatic heterocycles. The van der Waals surface area contributed by atoms with Gasteiger partial charge in [0.1, 0.15) is 5.15 Å². The molecule has 0 radical (unpaired) electrons. The molecule has 0 spiro atoms. The Hall–Kier alpha value is -1.33. The largest absolute Gasteiger partial charge is 0.338 e. The molecule has 1 fully saturated rings. The van der Waals surface area contributed by atoms with Gasteiger partial charge in [-0.15, -0.1) is 0 Å². The van der Waals surface area contributed by atoms with Crippen LogP contribution >= 0.6 is 11.6 Å². The van der Waals surface area contributed by atoms with Crippen molar-refractivity contribution in [3.8, 4) is 0 Å². The molecule has 2 rings (SSSR count). The number of halogens is 1. The standard InChI is InChI=1S/C13H19ClN4O/c1-9-11(13(14)18(3)16-9)4-5-12(19)17(2)10-6-7-15-8-10/h4-5,10,15H,6-8H2,1-3H3/b5-4+. The van der Waals surface area contributed by atoms with E-state index < -0.39 is 0 Å². The lowest BCUT2D eigenvalue weighted by Gasteiger charge is -2.22. The maximum Gasteiger partial charge on any atom is 0.246 e. The number of likely N-dealkylation sites (N-methyl/N-ethyl adjacent to an activating group) is 1. The molecule has 104 valence electrons. The Morgan fingerprint density at radius 2 is 2.37 bits per heavy atom. The lowest BCUT2D eigenvalue weighted by molar-refractivity contribution is -0.126. The first-order chi connectivity index (χ1) is 9.00. The van der Waals surface area contributed by atoms with Gasteiger partial charge in [0.15, 0.2) is 0 Å². The minimum absolute atomic E-state index is 0.00646. The molecule has 1 atom stereocenters. The number of nitrogens with one attached hydrogen (secondary N) is 1. The van der Waals surface area contributed by atoms with E-state index in [0.717, 1.165) is 30.8 Å². The fourth-order valence-electron chi connectivity index (χ4n) is 2.26. The molecular formula is C13H19ClN4O. The highest BCUT2D eigenvalue weighted by atomic mass is 35.5. The number of carbonyl (C=O) groups excluding carboxylic acids is 1. The summed E-state index contributed by atoms with van der Waals surface area (Å²) in [5.41, 5.74) is 1.62. The van der Waals surface area contributed by atoms with Gasteiger partial charge in [0.05, 0.1) is 5.69 Å². The minimum Gasteiger partial charge on any atom is -0.338 e. The Kier molecular flexibility index (Phi) is 4.27. The summed E-state index contributed by atoms with van der Waals surface area (Å²) < 4.78 is 1.60. The number of hydrogen-bond acceptors (Lipinski definition) is 3. The molecule has 0 aromatic carbocycles. The molecule has 19 heavy (non-hydrogen) atoms. The number of rotatable bonds is 3. The molecule has 1 aromatic heterocycles. The number of aromatic nitrogens is 2. The molecule has 0 saturated carbocycles. The van der Waals surface area contributed by atoms with Gasteiger partial charge in [0, 0.05) is 38.3 Å². The van der Waals surface area contributed by atoms with Crippen molar-refractivity contribution < 1.29 is 4.79 Å². The Labute approximate surface area is 118 Å².